The van der Waals surface area contributed by atoms with E-state index >= 15 is 0 Å². The Morgan fingerprint density at radius 3 is 2.64 bits per heavy atom. The summed E-state index contributed by atoms with van der Waals surface area (Å²) in [6.07, 6.45) is 7.51. The van der Waals surface area contributed by atoms with Crippen molar-refractivity contribution in [2.75, 3.05) is 26.2 Å². The Balaban J connectivity index is 1.56. The lowest BCUT2D eigenvalue weighted by atomic mass is 9.92. The average Bonchev–Trinajstić information content (AvgIpc) is 2.83. The number of nitrogens with one attached hydrogen (secondary N) is 3. The molecule has 2 atom stereocenters. The van der Waals surface area contributed by atoms with Crippen molar-refractivity contribution in [3.8, 4) is 0 Å². The van der Waals surface area contributed by atoms with Crippen LogP contribution >= 0.6 is 0 Å². The summed E-state index contributed by atoms with van der Waals surface area (Å²) < 4.78 is 0. The number of aliphatic carboxylic acids is 1. The van der Waals surface area contributed by atoms with Crippen molar-refractivity contribution in [1.29, 1.82) is 0 Å². The highest BCUT2D eigenvalue weighted by atomic mass is 16.4. The molecule has 3 amide bonds. The van der Waals surface area contributed by atoms with E-state index in [1.807, 2.05) is 0 Å². The summed E-state index contributed by atoms with van der Waals surface area (Å²) in [7, 11) is 0. The molecule has 10 nitrogen and oxygen atoms in total. The molecule has 0 bridgehead atoms. The zero-order chi connectivity index (χ0) is 23.8. The molecular formula is C23H33N5O5. The van der Waals surface area contributed by atoms with E-state index in [-0.39, 0.29) is 18.0 Å². The normalized spacial score (nSPS) is 21.0. The van der Waals surface area contributed by atoms with Crippen molar-refractivity contribution in [3.05, 3.63) is 30.1 Å². The molecule has 0 saturated carbocycles. The van der Waals surface area contributed by atoms with Crippen LogP contribution in [0.3, 0.4) is 0 Å². The standard InChI is InChI=1S/C23H33N5O5/c1-23(22(32)33,26-20(30)17-4-2-10-25-14-17)27-21(31)18-5-3-13-28(15-18)19(29)7-6-16-8-11-24-12-9-16/h2,4,10,14,16,18,24H,3,5-9,11-13,15H2,1H3,(H,26,30)(H,27,31)(H,32,33)/t18-,23-/m1/s1. The van der Waals surface area contributed by atoms with E-state index in [4.69, 9.17) is 0 Å². The minimum Gasteiger partial charge on any atom is -0.478 e. The summed E-state index contributed by atoms with van der Waals surface area (Å²) in [6.45, 7) is 4.06. The Morgan fingerprint density at radius 1 is 1.21 bits per heavy atom. The van der Waals surface area contributed by atoms with Gasteiger partial charge in [-0.3, -0.25) is 19.4 Å². The predicted molar refractivity (Wildman–Crippen MR) is 120 cm³/mol. The molecule has 1 aromatic rings. The van der Waals surface area contributed by atoms with Gasteiger partial charge in [0, 0.05) is 31.9 Å². The maximum atomic E-state index is 12.9. The largest absolute Gasteiger partial charge is 0.478 e. The molecule has 0 aliphatic carbocycles. The zero-order valence-electron chi connectivity index (χ0n) is 19.0. The van der Waals surface area contributed by atoms with Crippen LogP contribution in [0.5, 0.6) is 0 Å². The number of amides is 3. The zero-order valence-corrected chi connectivity index (χ0v) is 19.0. The van der Waals surface area contributed by atoms with Gasteiger partial charge in [0.05, 0.1) is 11.5 Å². The van der Waals surface area contributed by atoms with E-state index in [2.05, 4.69) is 20.9 Å². The van der Waals surface area contributed by atoms with Gasteiger partial charge in [0.1, 0.15) is 0 Å². The van der Waals surface area contributed by atoms with Gasteiger partial charge in [-0.25, -0.2) is 4.79 Å². The third-order valence-electron chi connectivity index (χ3n) is 6.46. The summed E-state index contributed by atoms with van der Waals surface area (Å²) in [4.78, 5) is 55.6. The first-order valence-corrected chi connectivity index (χ1v) is 11.5. The van der Waals surface area contributed by atoms with E-state index in [1.54, 1.807) is 11.0 Å². The number of piperidine rings is 2. The van der Waals surface area contributed by atoms with E-state index in [9.17, 15) is 24.3 Å². The molecule has 3 rings (SSSR count). The van der Waals surface area contributed by atoms with Crippen molar-refractivity contribution in [1.82, 2.24) is 25.8 Å². The molecule has 1 aromatic heterocycles. The molecule has 2 aliphatic heterocycles. The Labute approximate surface area is 193 Å². The SMILES string of the molecule is C[C@@](NC(=O)c1cccnc1)(NC(=O)[C@@H]1CCCN(C(=O)CCC2CCNCC2)C1)C(=O)O. The lowest BCUT2D eigenvalue weighted by Crippen LogP contribution is -2.65. The molecule has 0 radical (unpaired) electrons. The second-order valence-electron chi connectivity index (χ2n) is 9.03. The second kappa shape index (κ2) is 11.2. The van der Waals surface area contributed by atoms with Crippen molar-refractivity contribution in [2.45, 2.75) is 51.1 Å². The van der Waals surface area contributed by atoms with Gasteiger partial charge in [-0.05, 0) is 70.2 Å². The number of likely N-dealkylation sites (tertiary alicyclic amines) is 1. The fraction of sp³-hybridized carbons (Fsp3) is 0.609. The Hall–Kier alpha value is -3.01. The monoisotopic (exact) mass is 459 g/mol. The molecule has 0 spiro atoms. The number of carboxylic acids is 1. The fourth-order valence-corrected chi connectivity index (χ4v) is 4.36. The van der Waals surface area contributed by atoms with Crippen molar-refractivity contribution >= 4 is 23.7 Å². The van der Waals surface area contributed by atoms with Gasteiger partial charge < -0.3 is 26.0 Å². The lowest BCUT2D eigenvalue weighted by Gasteiger charge is -2.35. The van der Waals surface area contributed by atoms with Crippen LogP contribution in [0.2, 0.25) is 0 Å². The molecule has 4 N–H and O–H groups in total. The molecule has 0 aromatic carbocycles. The lowest BCUT2D eigenvalue weighted by molar-refractivity contribution is -0.149. The molecule has 2 aliphatic rings. The number of carbonyl (C=O) groups is 4. The Morgan fingerprint density at radius 2 is 1.97 bits per heavy atom. The second-order valence-corrected chi connectivity index (χ2v) is 9.03. The van der Waals surface area contributed by atoms with Crippen LogP contribution in [-0.4, -0.2) is 70.5 Å². The van der Waals surface area contributed by atoms with Gasteiger partial charge in [0.15, 0.2) is 0 Å². The smallest absolute Gasteiger partial charge is 0.350 e. The highest BCUT2D eigenvalue weighted by Gasteiger charge is 2.39. The topological polar surface area (TPSA) is 141 Å². The van der Waals surface area contributed by atoms with E-state index < -0.39 is 29.4 Å². The minimum atomic E-state index is -1.99. The van der Waals surface area contributed by atoms with Gasteiger partial charge in [0.2, 0.25) is 17.5 Å². The number of hydrogen-bond donors (Lipinski definition) is 4. The molecule has 3 heterocycles. The van der Waals surface area contributed by atoms with Crippen LogP contribution in [-0.2, 0) is 14.4 Å². The molecule has 180 valence electrons. The summed E-state index contributed by atoms with van der Waals surface area (Å²) >= 11 is 0. The van der Waals surface area contributed by atoms with Crippen LogP contribution in [0.1, 0.15) is 55.8 Å². The van der Waals surface area contributed by atoms with Gasteiger partial charge in [-0.15, -0.1) is 0 Å². The summed E-state index contributed by atoms with van der Waals surface area (Å²) in [6, 6.07) is 3.06. The number of carboxylic acid groups (broad SMARTS) is 1. The van der Waals surface area contributed by atoms with Crippen LogP contribution in [0.25, 0.3) is 0 Å². The van der Waals surface area contributed by atoms with Crippen LogP contribution < -0.4 is 16.0 Å². The van der Waals surface area contributed by atoms with Gasteiger partial charge >= 0.3 is 5.97 Å². The first-order valence-electron chi connectivity index (χ1n) is 11.5. The predicted octanol–water partition coefficient (Wildman–Crippen LogP) is 0.747. The molecule has 33 heavy (non-hydrogen) atoms. The van der Waals surface area contributed by atoms with E-state index in [1.165, 1.54) is 25.4 Å². The molecule has 0 unspecified atom stereocenters. The molecular weight excluding hydrogens is 426 g/mol. The molecule has 2 fully saturated rings. The highest BCUT2D eigenvalue weighted by molar-refractivity contribution is 5.98. The number of carbonyl (C=O) groups excluding carboxylic acids is 3. The van der Waals surface area contributed by atoms with Crippen LogP contribution in [0.4, 0.5) is 0 Å². The third kappa shape index (κ3) is 6.74. The third-order valence-corrected chi connectivity index (χ3v) is 6.46. The quantitative estimate of drug-likeness (QED) is 0.420. The Bertz CT molecular complexity index is 858. The van der Waals surface area contributed by atoms with Gasteiger partial charge in [-0.1, -0.05) is 0 Å². The summed E-state index contributed by atoms with van der Waals surface area (Å²) in [5.41, 5.74) is -1.81. The summed E-state index contributed by atoms with van der Waals surface area (Å²) in [5, 5.41) is 17.9. The number of hydrogen-bond acceptors (Lipinski definition) is 6. The fourth-order valence-electron chi connectivity index (χ4n) is 4.36. The summed E-state index contributed by atoms with van der Waals surface area (Å²) in [5.74, 6) is -2.49. The minimum absolute atomic E-state index is 0.0388. The maximum absolute atomic E-state index is 12.9. The van der Waals surface area contributed by atoms with Crippen molar-refractivity contribution in [3.63, 3.8) is 0 Å². The van der Waals surface area contributed by atoms with Gasteiger partial charge in [-0.2, -0.15) is 0 Å². The maximum Gasteiger partial charge on any atom is 0.350 e. The van der Waals surface area contributed by atoms with Crippen LogP contribution in [0.15, 0.2) is 24.5 Å². The van der Waals surface area contributed by atoms with Crippen molar-refractivity contribution in [2.24, 2.45) is 11.8 Å². The first kappa shape index (κ1) is 24.6. The number of rotatable bonds is 8. The number of pyridine rings is 1. The van der Waals surface area contributed by atoms with E-state index in [0.29, 0.717) is 31.7 Å². The van der Waals surface area contributed by atoms with Gasteiger partial charge in [0.25, 0.3) is 5.91 Å². The average molecular weight is 460 g/mol. The number of nitrogens with zero attached hydrogens (tertiary/aromatic N) is 2. The first-order chi connectivity index (χ1) is 15.8. The van der Waals surface area contributed by atoms with Crippen molar-refractivity contribution < 1.29 is 24.3 Å². The van der Waals surface area contributed by atoms with E-state index in [0.717, 1.165) is 32.4 Å². The molecule has 10 heteroatoms. The van der Waals surface area contributed by atoms with Crippen LogP contribution in [0, 0.1) is 11.8 Å². The molecule has 2 saturated heterocycles. The number of aromatic nitrogens is 1. The highest BCUT2D eigenvalue weighted by Crippen LogP contribution is 2.22. The Kier molecular flexibility index (Phi) is 8.37.